The quantitative estimate of drug-likeness (QED) is 0.894. The summed E-state index contributed by atoms with van der Waals surface area (Å²) in [7, 11) is 0. The van der Waals surface area contributed by atoms with Crippen molar-refractivity contribution in [2.75, 3.05) is 25.0 Å². The number of nitrogens with zero attached hydrogens (tertiary/aromatic N) is 1. The molecule has 0 radical (unpaired) electrons. The molecule has 1 aromatic carbocycles. The summed E-state index contributed by atoms with van der Waals surface area (Å²) < 4.78 is 13.1. The number of halogens is 1. The molecule has 1 fully saturated rings. The maximum Gasteiger partial charge on any atom is 0.319 e. The minimum atomic E-state index is -0.432. The lowest BCUT2D eigenvalue weighted by atomic mass is 10.2. The fourth-order valence-corrected chi connectivity index (χ4v) is 2.30. The van der Waals surface area contributed by atoms with E-state index in [2.05, 4.69) is 10.6 Å². The second-order valence-electron chi connectivity index (χ2n) is 5.18. The number of likely N-dealkylation sites (tertiary alicyclic amines) is 1. The number of benzene rings is 1. The van der Waals surface area contributed by atoms with Crippen LogP contribution < -0.4 is 10.6 Å². The van der Waals surface area contributed by atoms with Gasteiger partial charge >= 0.3 is 6.03 Å². The van der Waals surface area contributed by atoms with Crippen molar-refractivity contribution < 1.29 is 14.0 Å². The van der Waals surface area contributed by atoms with Crippen LogP contribution in [0.4, 0.5) is 14.9 Å². The Morgan fingerprint density at radius 2 is 2.00 bits per heavy atom. The Morgan fingerprint density at radius 3 is 2.71 bits per heavy atom. The fraction of sp³-hybridized carbons (Fsp3) is 0.467. The zero-order valence-corrected chi connectivity index (χ0v) is 12.1. The lowest BCUT2D eigenvalue weighted by Crippen LogP contribution is -2.34. The third kappa shape index (κ3) is 4.44. The van der Waals surface area contributed by atoms with Gasteiger partial charge in [0.25, 0.3) is 0 Å². The topological polar surface area (TPSA) is 61.4 Å². The standard InChI is InChI=1S/C15H20FN3O2/c1-11-4-5-12(16)10-13(11)18-15(21)17-7-6-14(20)19-8-2-3-9-19/h4-5,10H,2-3,6-9H2,1H3,(H2,17,18,21). The molecule has 0 atom stereocenters. The summed E-state index contributed by atoms with van der Waals surface area (Å²) in [6.07, 6.45) is 2.40. The van der Waals surface area contributed by atoms with Gasteiger partial charge in [-0.15, -0.1) is 0 Å². The third-order valence-electron chi connectivity index (χ3n) is 3.53. The van der Waals surface area contributed by atoms with Gasteiger partial charge in [-0.05, 0) is 37.5 Å². The molecule has 1 saturated heterocycles. The number of hydrogen-bond acceptors (Lipinski definition) is 2. The fourth-order valence-electron chi connectivity index (χ4n) is 2.30. The van der Waals surface area contributed by atoms with E-state index in [-0.39, 0.29) is 18.9 Å². The first kappa shape index (κ1) is 15.3. The van der Waals surface area contributed by atoms with Gasteiger partial charge < -0.3 is 15.5 Å². The summed E-state index contributed by atoms with van der Waals surface area (Å²) in [5.41, 5.74) is 1.21. The zero-order chi connectivity index (χ0) is 15.2. The number of urea groups is 1. The van der Waals surface area contributed by atoms with E-state index in [0.29, 0.717) is 5.69 Å². The molecule has 0 spiro atoms. The number of aryl methyl sites for hydroxylation is 1. The molecule has 1 heterocycles. The van der Waals surface area contributed by atoms with Crippen molar-refractivity contribution in [2.45, 2.75) is 26.2 Å². The number of rotatable bonds is 4. The van der Waals surface area contributed by atoms with Gasteiger partial charge in [0.2, 0.25) is 5.91 Å². The molecule has 6 heteroatoms. The molecule has 1 aromatic rings. The van der Waals surface area contributed by atoms with Gasteiger partial charge in [-0.3, -0.25) is 4.79 Å². The molecule has 1 aliphatic rings. The van der Waals surface area contributed by atoms with E-state index in [1.807, 2.05) is 4.90 Å². The highest BCUT2D eigenvalue weighted by molar-refractivity contribution is 5.90. The number of nitrogens with one attached hydrogen (secondary N) is 2. The van der Waals surface area contributed by atoms with Crippen LogP contribution in [0.3, 0.4) is 0 Å². The van der Waals surface area contributed by atoms with Crippen LogP contribution in [0, 0.1) is 12.7 Å². The SMILES string of the molecule is Cc1ccc(F)cc1NC(=O)NCCC(=O)N1CCCC1. The average molecular weight is 293 g/mol. The second-order valence-corrected chi connectivity index (χ2v) is 5.18. The Labute approximate surface area is 123 Å². The Morgan fingerprint density at radius 1 is 1.29 bits per heavy atom. The van der Waals surface area contributed by atoms with Crippen molar-refractivity contribution in [1.29, 1.82) is 0 Å². The van der Waals surface area contributed by atoms with Gasteiger partial charge in [0, 0.05) is 31.7 Å². The minimum absolute atomic E-state index is 0.0646. The molecule has 2 N–H and O–H groups in total. The predicted octanol–water partition coefficient (Wildman–Crippen LogP) is 2.27. The first-order valence-corrected chi connectivity index (χ1v) is 7.15. The summed E-state index contributed by atoms with van der Waals surface area (Å²) in [4.78, 5) is 25.3. The summed E-state index contributed by atoms with van der Waals surface area (Å²) >= 11 is 0. The highest BCUT2D eigenvalue weighted by atomic mass is 19.1. The first-order valence-electron chi connectivity index (χ1n) is 7.15. The normalized spacial score (nSPS) is 14.1. The van der Waals surface area contributed by atoms with Crippen molar-refractivity contribution in [3.8, 4) is 0 Å². The maximum atomic E-state index is 13.1. The Balaban J connectivity index is 1.74. The Kier molecular flexibility index (Phi) is 5.14. The largest absolute Gasteiger partial charge is 0.343 e. The van der Waals surface area contributed by atoms with Gasteiger partial charge in [0.05, 0.1) is 0 Å². The van der Waals surface area contributed by atoms with Crippen LogP contribution in [0.25, 0.3) is 0 Å². The molecule has 0 saturated carbocycles. The average Bonchev–Trinajstić information content (AvgIpc) is 2.97. The molecule has 1 aliphatic heterocycles. The van der Waals surface area contributed by atoms with E-state index < -0.39 is 11.8 Å². The summed E-state index contributed by atoms with van der Waals surface area (Å²) in [5, 5.41) is 5.19. The van der Waals surface area contributed by atoms with E-state index in [4.69, 9.17) is 0 Å². The number of amides is 3. The maximum absolute atomic E-state index is 13.1. The van der Waals surface area contributed by atoms with Gasteiger partial charge in [0.1, 0.15) is 5.82 Å². The Hall–Kier alpha value is -2.11. The summed E-state index contributed by atoms with van der Waals surface area (Å²) in [6, 6.07) is 3.78. The van der Waals surface area contributed by atoms with Crippen molar-refractivity contribution >= 4 is 17.6 Å². The minimum Gasteiger partial charge on any atom is -0.343 e. The number of hydrogen-bond donors (Lipinski definition) is 2. The highest BCUT2D eigenvalue weighted by Crippen LogP contribution is 2.15. The molecular formula is C15H20FN3O2. The van der Waals surface area contributed by atoms with E-state index in [0.717, 1.165) is 31.5 Å². The van der Waals surface area contributed by atoms with Crippen LogP contribution in [0.15, 0.2) is 18.2 Å². The van der Waals surface area contributed by atoms with Crippen molar-refractivity contribution in [3.63, 3.8) is 0 Å². The zero-order valence-electron chi connectivity index (χ0n) is 12.1. The van der Waals surface area contributed by atoms with E-state index in [9.17, 15) is 14.0 Å². The number of anilines is 1. The lowest BCUT2D eigenvalue weighted by Gasteiger charge is -2.15. The Bertz CT molecular complexity index is 528. The van der Waals surface area contributed by atoms with Crippen molar-refractivity contribution in [1.82, 2.24) is 10.2 Å². The molecule has 0 unspecified atom stereocenters. The second kappa shape index (κ2) is 7.06. The monoisotopic (exact) mass is 293 g/mol. The molecule has 2 rings (SSSR count). The molecule has 5 nitrogen and oxygen atoms in total. The lowest BCUT2D eigenvalue weighted by molar-refractivity contribution is -0.129. The van der Waals surface area contributed by atoms with Gasteiger partial charge in [-0.2, -0.15) is 0 Å². The van der Waals surface area contributed by atoms with Crippen LogP contribution in [-0.4, -0.2) is 36.5 Å². The number of carbonyl (C=O) groups is 2. The van der Waals surface area contributed by atoms with Gasteiger partial charge in [-0.1, -0.05) is 6.07 Å². The molecule has 0 aliphatic carbocycles. The molecule has 0 bridgehead atoms. The van der Waals surface area contributed by atoms with Crippen LogP contribution in [-0.2, 0) is 4.79 Å². The smallest absolute Gasteiger partial charge is 0.319 e. The predicted molar refractivity (Wildman–Crippen MR) is 78.6 cm³/mol. The van der Waals surface area contributed by atoms with Gasteiger partial charge in [-0.25, -0.2) is 9.18 Å². The van der Waals surface area contributed by atoms with Gasteiger partial charge in [0.15, 0.2) is 0 Å². The van der Waals surface area contributed by atoms with Crippen LogP contribution >= 0.6 is 0 Å². The van der Waals surface area contributed by atoms with E-state index in [1.54, 1.807) is 13.0 Å². The van der Waals surface area contributed by atoms with Crippen molar-refractivity contribution in [3.05, 3.63) is 29.6 Å². The first-order chi connectivity index (χ1) is 10.1. The molecule has 21 heavy (non-hydrogen) atoms. The van der Waals surface area contributed by atoms with Crippen LogP contribution in [0.5, 0.6) is 0 Å². The van der Waals surface area contributed by atoms with Crippen LogP contribution in [0.2, 0.25) is 0 Å². The van der Waals surface area contributed by atoms with E-state index >= 15 is 0 Å². The highest BCUT2D eigenvalue weighted by Gasteiger charge is 2.17. The third-order valence-corrected chi connectivity index (χ3v) is 3.53. The van der Waals surface area contributed by atoms with Crippen LogP contribution in [0.1, 0.15) is 24.8 Å². The van der Waals surface area contributed by atoms with Crippen molar-refractivity contribution in [2.24, 2.45) is 0 Å². The molecule has 114 valence electrons. The van der Waals surface area contributed by atoms with E-state index in [1.165, 1.54) is 12.1 Å². The number of carbonyl (C=O) groups excluding carboxylic acids is 2. The molecular weight excluding hydrogens is 273 g/mol. The summed E-state index contributed by atoms with van der Waals surface area (Å²) in [6.45, 7) is 3.68. The molecule has 3 amide bonds. The molecule has 0 aromatic heterocycles. The summed E-state index contributed by atoms with van der Waals surface area (Å²) in [5.74, 6) is -0.338.